The smallest absolute Gasteiger partial charge is 0.275 e. The summed E-state index contributed by atoms with van der Waals surface area (Å²) in [6.45, 7) is 2.38. The summed E-state index contributed by atoms with van der Waals surface area (Å²) < 4.78 is 11.3. The summed E-state index contributed by atoms with van der Waals surface area (Å²) in [5.41, 5.74) is 3.18. The molecule has 7 heteroatoms. The van der Waals surface area contributed by atoms with Gasteiger partial charge in [0.2, 0.25) is 0 Å². The Morgan fingerprint density at radius 1 is 1.33 bits per heavy atom. The number of hydrazone groups is 1. The fourth-order valence-corrected chi connectivity index (χ4v) is 2.33. The maximum absolute atomic E-state index is 12.2. The van der Waals surface area contributed by atoms with Gasteiger partial charge in [-0.05, 0) is 43.3 Å². The highest BCUT2D eigenvalue weighted by Gasteiger charge is 2.12. The Labute approximate surface area is 148 Å². The minimum atomic E-state index is -0.426. The number of phenols is 1. The molecule has 0 unspecified atom stereocenters. The number of hydrogen-bond donors (Lipinski definition) is 2. The largest absolute Gasteiger partial charge is 0.507 e. The van der Waals surface area contributed by atoms with Gasteiger partial charge in [0, 0.05) is 10.0 Å². The molecule has 24 heavy (non-hydrogen) atoms. The van der Waals surface area contributed by atoms with Crippen molar-refractivity contribution in [3.8, 4) is 17.2 Å². The molecular formula is C17H17BrN2O4. The van der Waals surface area contributed by atoms with Gasteiger partial charge in [0.15, 0.2) is 0 Å². The van der Waals surface area contributed by atoms with E-state index in [2.05, 4.69) is 26.5 Å². The van der Waals surface area contributed by atoms with Gasteiger partial charge >= 0.3 is 0 Å². The summed E-state index contributed by atoms with van der Waals surface area (Å²) in [4.78, 5) is 12.2. The second kappa shape index (κ2) is 8.35. The van der Waals surface area contributed by atoms with Gasteiger partial charge in [-0.3, -0.25) is 4.79 Å². The molecule has 0 aliphatic carbocycles. The average Bonchev–Trinajstić information content (AvgIpc) is 2.57. The molecule has 0 heterocycles. The van der Waals surface area contributed by atoms with Crippen molar-refractivity contribution in [1.82, 2.24) is 5.43 Å². The average molecular weight is 393 g/mol. The molecule has 0 fully saturated rings. The topological polar surface area (TPSA) is 80.2 Å². The van der Waals surface area contributed by atoms with Crippen LogP contribution in [0.4, 0.5) is 0 Å². The fourth-order valence-electron chi connectivity index (χ4n) is 1.97. The van der Waals surface area contributed by atoms with Gasteiger partial charge in [-0.15, -0.1) is 0 Å². The van der Waals surface area contributed by atoms with Gasteiger partial charge in [0.25, 0.3) is 5.91 Å². The molecule has 126 valence electrons. The van der Waals surface area contributed by atoms with Gasteiger partial charge in [0.1, 0.15) is 17.2 Å². The van der Waals surface area contributed by atoms with E-state index in [4.69, 9.17) is 9.47 Å². The van der Waals surface area contributed by atoms with Crippen LogP contribution in [-0.2, 0) is 0 Å². The van der Waals surface area contributed by atoms with Crippen LogP contribution in [0.5, 0.6) is 17.2 Å². The fraction of sp³-hybridized carbons (Fsp3) is 0.176. The molecule has 0 saturated heterocycles. The molecule has 0 aromatic heterocycles. The number of nitrogens with zero attached hydrogens (tertiary/aromatic N) is 1. The number of carbonyl (C=O) groups is 1. The lowest BCUT2D eigenvalue weighted by Gasteiger charge is -2.07. The molecular weight excluding hydrogens is 376 g/mol. The number of nitrogens with one attached hydrogen (secondary N) is 1. The van der Waals surface area contributed by atoms with Crippen LogP contribution in [0.2, 0.25) is 0 Å². The Kier molecular flexibility index (Phi) is 6.20. The molecule has 2 rings (SSSR count). The van der Waals surface area contributed by atoms with Crippen LogP contribution in [0, 0.1) is 0 Å². The van der Waals surface area contributed by atoms with Crippen molar-refractivity contribution in [2.45, 2.75) is 6.92 Å². The summed E-state index contributed by atoms with van der Waals surface area (Å²) in [6, 6.07) is 9.88. The Morgan fingerprint density at radius 2 is 2.12 bits per heavy atom. The number of methoxy groups -OCH3 is 1. The number of halogens is 1. The maximum Gasteiger partial charge on any atom is 0.275 e. The summed E-state index contributed by atoms with van der Waals surface area (Å²) in [6.07, 6.45) is 1.35. The molecule has 0 radical (unpaired) electrons. The number of aromatic hydroxyl groups is 1. The summed E-state index contributed by atoms with van der Waals surface area (Å²) in [5.74, 6) is 0.658. The molecule has 0 aliphatic heterocycles. The first-order chi connectivity index (χ1) is 11.5. The quantitative estimate of drug-likeness (QED) is 0.583. The normalized spacial score (nSPS) is 10.6. The second-order valence-electron chi connectivity index (χ2n) is 4.70. The molecule has 0 atom stereocenters. The van der Waals surface area contributed by atoms with Gasteiger partial charge < -0.3 is 14.6 Å². The van der Waals surface area contributed by atoms with E-state index in [1.807, 2.05) is 6.92 Å². The molecule has 0 saturated carbocycles. The minimum Gasteiger partial charge on any atom is -0.507 e. The standard InChI is InChI=1S/C17H17BrN2O4/c1-3-24-13-5-6-15(21)11(8-13)10-19-20-17(22)14-9-12(18)4-7-16(14)23-2/h4-10,21H,3H2,1-2H3,(H,20,22)/b19-10-. The van der Waals surface area contributed by atoms with Crippen molar-refractivity contribution in [2.24, 2.45) is 5.10 Å². The van der Waals surface area contributed by atoms with E-state index >= 15 is 0 Å². The highest BCUT2D eigenvalue weighted by molar-refractivity contribution is 9.10. The van der Waals surface area contributed by atoms with Gasteiger partial charge in [-0.25, -0.2) is 5.43 Å². The first kappa shape index (κ1) is 17.8. The SMILES string of the molecule is CCOc1ccc(O)c(/C=N\NC(=O)c2cc(Br)ccc2OC)c1. The molecule has 2 aromatic carbocycles. The number of carbonyl (C=O) groups excluding carboxylic acids is 1. The minimum absolute atomic E-state index is 0.0384. The predicted octanol–water partition coefficient (Wildman–Crippen LogP) is 3.33. The van der Waals surface area contributed by atoms with Crippen molar-refractivity contribution >= 4 is 28.1 Å². The molecule has 2 N–H and O–H groups in total. The molecule has 1 amide bonds. The number of ether oxygens (including phenoxy) is 2. The lowest BCUT2D eigenvalue weighted by atomic mass is 10.2. The van der Waals surface area contributed by atoms with E-state index in [-0.39, 0.29) is 5.75 Å². The number of benzene rings is 2. The number of phenolic OH excluding ortho intramolecular Hbond substituents is 1. The highest BCUT2D eigenvalue weighted by atomic mass is 79.9. The van der Waals surface area contributed by atoms with Gasteiger partial charge in [-0.2, -0.15) is 5.10 Å². The first-order valence-electron chi connectivity index (χ1n) is 7.18. The van der Waals surface area contributed by atoms with Crippen molar-refractivity contribution in [1.29, 1.82) is 0 Å². The van der Waals surface area contributed by atoms with E-state index in [0.29, 0.717) is 29.2 Å². The lowest BCUT2D eigenvalue weighted by Crippen LogP contribution is -2.18. The Hall–Kier alpha value is -2.54. The van der Waals surface area contributed by atoms with Crippen LogP contribution < -0.4 is 14.9 Å². The third-order valence-electron chi connectivity index (χ3n) is 3.09. The van der Waals surface area contributed by atoms with Gasteiger partial charge in [0.05, 0.1) is 25.5 Å². The van der Waals surface area contributed by atoms with Crippen LogP contribution in [0.15, 0.2) is 46.0 Å². The summed E-state index contributed by atoms with van der Waals surface area (Å²) in [5, 5.41) is 13.7. The first-order valence-corrected chi connectivity index (χ1v) is 7.97. The third-order valence-corrected chi connectivity index (χ3v) is 3.58. The van der Waals surface area contributed by atoms with E-state index in [1.54, 1.807) is 30.3 Å². The Morgan fingerprint density at radius 3 is 2.83 bits per heavy atom. The third kappa shape index (κ3) is 4.48. The zero-order valence-electron chi connectivity index (χ0n) is 13.2. The van der Waals surface area contributed by atoms with E-state index in [1.165, 1.54) is 19.4 Å². The monoisotopic (exact) mass is 392 g/mol. The van der Waals surface area contributed by atoms with Crippen molar-refractivity contribution in [3.63, 3.8) is 0 Å². The van der Waals surface area contributed by atoms with Crippen LogP contribution in [0.3, 0.4) is 0 Å². The highest BCUT2D eigenvalue weighted by Crippen LogP contribution is 2.23. The lowest BCUT2D eigenvalue weighted by molar-refractivity contribution is 0.0952. The second-order valence-corrected chi connectivity index (χ2v) is 5.61. The Balaban J connectivity index is 2.13. The summed E-state index contributed by atoms with van der Waals surface area (Å²) >= 11 is 3.31. The zero-order chi connectivity index (χ0) is 17.5. The zero-order valence-corrected chi connectivity index (χ0v) is 14.8. The molecule has 0 spiro atoms. The number of amides is 1. The molecule has 2 aromatic rings. The van der Waals surface area contributed by atoms with E-state index in [0.717, 1.165) is 4.47 Å². The molecule has 0 aliphatic rings. The number of rotatable bonds is 6. The predicted molar refractivity (Wildman–Crippen MR) is 95.0 cm³/mol. The van der Waals surface area contributed by atoms with Gasteiger partial charge in [-0.1, -0.05) is 15.9 Å². The molecule has 6 nitrogen and oxygen atoms in total. The van der Waals surface area contributed by atoms with E-state index in [9.17, 15) is 9.90 Å². The Bertz CT molecular complexity index is 762. The van der Waals surface area contributed by atoms with Crippen molar-refractivity contribution in [3.05, 3.63) is 52.0 Å². The maximum atomic E-state index is 12.2. The number of hydrogen-bond acceptors (Lipinski definition) is 5. The summed E-state index contributed by atoms with van der Waals surface area (Å²) in [7, 11) is 1.49. The van der Waals surface area contributed by atoms with Crippen LogP contribution in [0.1, 0.15) is 22.8 Å². The van der Waals surface area contributed by atoms with Crippen molar-refractivity contribution < 1.29 is 19.4 Å². The van der Waals surface area contributed by atoms with Crippen LogP contribution >= 0.6 is 15.9 Å². The molecule has 0 bridgehead atoms. The van der Waals surface area contributed by atoms with Crippen LogP contribution in [0.25, 0.3) is 0 Å². The van der Waals surface area contributed by atoms with Crippen molar-refractivity contribution in [2.75, 3.05) is 13.7 Å². The van der Waals surface area contributed by atoms with Crippen LogP contribution in [-0.4, -0.2) is 30.9 Å². The van der Waals surface area contributed by atoms with E-state index < -0.39 is 5.91 Å².